The number of esters is 2. The molecule has 10 heteroatoms. The fourth-order valence-electron chi connectivity index (χ4n) is 6.24. The Balaban J connectivity index is 4.33. The lowest BCUT2D eigenvalue weighted by atomic mass is 10.0. The molecule has 0 fully saturated rings. The third-order valence-electron chi connectivity index (χ3n) is 9.80. The Kier molecular flexibility index (Phi) is 36.5. The molecule has 0 aliphatic rings. The van der Waals surface area contributed by atoms with Crippen LogP contribution in [0.4, 0.5) is 0 Å². The van der Waals surface area contributed by atoms with Crippen molar-refractivity contribution in [1.29, 1.82) is 0 Å². The monoisotopic (exact) mass is 789 g/mol. The third-order valence-corrected chi connectivity index (χ3v) is 10.8. The van der Waals surface area contributed by atoms with Crippen LogP contribution in [0.2, 0.25) is 0 Å². The second-order valence-electron chi connectivity index (χ2n) is 16.4. The van der Waals surface area contributed by atoms with Gasteiger partial charge in [0.05, 0.1) is 27.7 Å². The van der Waals surface area contributed by atoms with Gasteiger partial charge in [-0.05, 0) is 38.5 Å². The van der Waals surface area contributed by atoms with Crippen molar-refractivity contribution in [3.05, 3.63) is 12.2 Å². The van der Waals surface area contributed by atoms with Crippen molar-refractivity contribution in [2.45, 2.75) is 213 Å². The van der Waals surface area contributed by atoms with Gasteiger partial charge in [-0.2, -0.15) is 0 Å². The predicted molar refractivity (Wildman–Crippen MR) is 224 cm³/mol. The number of phosphoric ester groups is 1. The summed E-state index contributed by atoms with van der Waals surface area (Å²) in [6, 6.07) is 0. The van der Waals surface area contributed by atoms with Crippen molar-refractivity contribution >= 4 is 19.8 Å². The molecule has 1 N–H and O–H groups in total. The minimum absolute atomic E-state index is 0.0336. The van der Waals surface area contributed by atoms with E-state index < -0.39 is 26.5 Å². The number of carbonyl (C=O) groups is 2. The minimum Gasteiger partial charge on any atom is -0.462 e. The third kappa shape index (κ3) is 40.4. The van der Waals surface area contributed by atoms with Crippen LogP contribution in [0.15, 0.2) is 12.2 Å². The van der Waals surface area contributed by atoms with Crippen LogP contribution in [0, 0.1) is 0 Å². The molecule has 2 atom stereocenters. The summed E-state index contributed by atoms with van der Waals surface area (Å²) in [7, 11) is 1.48. The average Bonchev–Trinajstić information content (AvgIpc) is 3.12. The Bertz CT molecular complexity index is 938. The van der Waals surface area contributed by atoms with Gasteiger partial charge in [-0.3, -0.25) is 18.6 Å². The number of hydrogen-bond donors (Lipinski definition) is 1. The van der Waals surface area contributed by atoms with Gasteiger partial charge in [-0.25, -0.2) is 4.57 Å². The van der Waals surface area contributed by atoms with Gasteiger partial charge < -0.3 is 18.9 Å². The summed E-state index contributed by atoms with van der Waals surface area (Å²) in [5.74, 6) is -0.798. The number of quaternary nitrogens is 1. The highest BCUT2D eigenvalue weighted by Gasteiger charge is 2.27. The molecule has 0 bridgehead atoms. The second kappa shape index (κ2) is 37.3. The largest absolute Gasteiger partial charge is 0.472 e. The normalized spacial score (nSPS) is 13.7. The van der Waals surface area contributed by atoms with Crippen LogP contribution >= 0.6 is 7.82 Å². The van der Waals surface area contributed by atoms with Crippen molar-refractivity contribution in [2.75, 3.05) is 47.5 Å². The van der Waals surface area contributed by atoms with Gasteiger partial charge in [0.2, 0.25) is 0 Å². The number of nitrogens with zero attached hydrogens (tertiary/aromatic N) is 1. The zero-order chi connectivity index (χ0) is 40.0. The maximum Gasteiger partial charge on any atom is 0.472 e. The molecule has 0 radical (unpaired) electrons. The van der Waals surface area contributed by atoms with E-state index in [1.54, 1.807) is 0 Å². The van der Waals surface area contributed by atoms with E-state index in [1.807, 2.05) is 21.1 Å². The molecule has 0 heterocycles. The highest BCUT2D eigenvalue weighted by molar-refractivity contribution is 7.47. The maximum absolute atomic E-state index is 12.7. The standard InChI is InChI=1S/C44H86NO8P/c1-6-8-10-12-14-16-18-20-22-23-25-27-29-31-33-35-37-44(47)53-42(41-52-54(48,49)51-39-38-45(3,4)5)40-50-43(46)36-34-32-30-28-26-24-21-19-17-15-13-11-9-7-2/h19,21,42H,6-18,20,22-41H2,1-5H3/p+1/b21-19+/t42-/m1/s1. The van der Waals surface area contributed by atoms with Crippen molar-refractivity contribution in [3.63, 3.8) is 0 Å². The molecule has 54 heavy (non-hydrogen) atoms. The molecule has 0 saturated heterocycles. The molecular weight excluding hydrogens is 701 g/mol. The molecule has 0 aliphatic carbocycles. The number of ether oxygens (including phenoxy) is 2. The van der Waals surface area contributed by atoms with E-state index in [2.05, 4.69) is 26.0 Å². The zero-order valence-corrected chi connectivity index (χ0v) is 36.9. The lowest BCUT2D eigenvalue weighted by Crippen LogP contribution is -2.37. The SMILES string of the molecule is CCCCCCC/C=C/CCCCCCCC(=O)OC[C@H](COP(=O)(O)OCC[N+](C)(C)C)OC(=O)CCCCCCCCCCCCCCCCCC. The van der Waals surface area contributed by atoms with Crippen LogP contribution in [0.5, 0.6) is 0 Å². The van der Waals surface area contributed by atoms with Gasteiger partial charge in [0.1, 0.15) is 19.8 Å². The number of allylic oxidation sites excluding steroid dienone is 2. The number of rotatable bonds is 41. The highest BCUT2D eigenvalue weighted by Crippen LogP contribution is 2.43. The van der Waals surface area contributed by atoms with Crippen LogP contribution in [0.3, 0.4) is 0 Å². The number of unbranched alkanes of at least 4 members (excludes halogenated alkanes) is 25. The molecule has 9 nitrogen and oxygen atoms in total. The number of phosphoric acid groups is 1. The van der Waals surface area contributed by atoms with E-state index >= 15 is 0 Å². The molecule has 0 saturated carbocycles. The van der Waals surface area contributed by atoms with E-state index in [0.717, 1.165) is 51.4 Å². The van der Waals surface area contributed by atoms with Gasteiger partial charge in [0, 0.05) is 12.8 Å². The summed E-state index contributed by atoms with van der Waals surface area (Å²) in [5, 5.41) is 0. The quantitative estimate of drug-likeness (QED) is 0.0214. The first-order valence-corrected chi connectivity index (χ1v) is 23.9. The zero-order valence-electron chi connectivity index (χ0n) is 36.0. The van der Waals surface area contributed by atoms with Gasteiger partial charge in [0.25, 0.3) is 0 Å². The van der Waals surface area contributed by atoms with E-state index in [-0.39, 0.29) is 32.0 Å². The first kappa shape index (κ1) is 52.8. The average molecular weight is 789 g/mol. The summed E-state index contributed by atoms with van der Waals surface area (Å²) < 4.78 is 34.3. The number of likely N-dealkylation sites (N-methyl/N-ethyl adjacent to an activating group) is 1. The molecule has 0 amide bonds. The Morgan fingerprint density at radius 2 is 0.944 bits per heavy atom. The molecule has 0 rings (SSSR count). The molecule has 0 aliphatic heterocycles. The first-order valence-electron chi connectivity index (χ1n) is 22.4. The van der Waals surface area contributed by atoms with Crippen molar-refractivity contribution in [3.8, 4) is 0 Å². The van der Waals surface area contributed by atoms with Crippen LogP contribution < -0.4 is 0 Å². The Labute approximate surface area is 333 Å². The molecular formula is C44H87NO8P+. The molecule has 0 aromatic heterocycles. The fraction of sp³-hybridized carbons (Fsp3) is 0.909. The summed E-state index contributed by atoms with van der Waals surface area (Å²) in [5.41, 5.74) is 0. The van der Waals surface area contributed by atoms with Crippen molar-refractivity contribution in [1.82, 2.24) is 0 Å². The van der Waals surface area contributed by atoms with Gasteiger partial charge in [-0.15, -0.1) is 0 Å². The van der Waals surface area contributed by atoms with Crippen molar-refractivity contribution < 1.29 is 42.1 Å². The molecule has 0 aromatic carbocycles. The predicted octanol–water partition coefficient (Wildman–Crippen LogP) is 12.6. The smallest absolute Gasteiger partial charge is 0.462 e. The number of hydrogen-bond acceptors (Lipinski definition) is 7. The van der Waals surface area contributed by atoms with Gasteiger partial charge >= 0.3 is 19.8 Å². The van der Waals surface area contributed by atoms with Crippen LogP contribution in [-0.2, 0) is 32.7 Å². The molecule has 1 unspecified atom stereocenters. The highest BCUT2D eigenvalue weighted by atomic mass is 31.2. The van der Waals surface area contributed by atoms with E-state index in [0.29, 0.717) is 17.4 Å². The summed E-state index contributed by atoms with van der Waals surface area (Å²) in [6.45, 7) is 4.43. The minimum atomic E-state index is -4.37. The van der Waals surface area contributed by atoms with E-state index in [1.165, 1.54) is 122 Å². The summed E-state index contributed by atoms with van der Waals surface area (Å²) in [6.07, 6.45) is 38.2. The lowest BCUT2D eigenvalue weighted by molar-refractivity contribution is -0.870. The van der Waals surface area contributed by atoms with Gasteiger partial charge in [0.15, 0.2) is 6.10 Å². The fourth-order valence-corrected chi connectivity index (χ4v) is 6.99. The lowest BCUT2D eigenvalue weighted by Gasteiger charge is -2.24. The van der Waals surface area contributed by atoms with Crippen LogP contribution in [-0.4, -0.2) is 74.9 Å². The van der Waals surface area contributed by atoms with Crippen LogP contribution in [0.25, 0.3) is 0 Å². The Morgan fingerprint density at radius 3 is 1.37 bits per heavy atom. The summed E-state index contributed by atoms with van der Waals surface area (Å²) >= 11 is 0. The van der Waals surface area contributed by atoms with Crippen LogP contribution in [0.1, 0.15) is 206 Å². The molecule has 320 valence electrons. The maximum atomic E-state index is 12.7. The second-order valence-corrected chi connectivity index (χ2v) is 17.9. The first-order chi connectivity index (χ1) is 26.0. The van der Waals surface area contributed by atoms with E-state index in [9.17, 15) is 19.0 Å². The van der Waals surface area contributed by atoms with Gasteiger partial charge in [-0.1, -0.05) is 167 Å². The Morgan fingerprint density at radius 1 is 0.556 bits per heavy atom. The Hall–Kier alpha value is -1.25. The topological polar surface area (TPSA) is 108 Å². The number of carbonyl (C=O) groups excluding carboxylic acids is 2. The molecule has 0 spiro atoms. The van der Waals surface area contributed by atoms with E-state index in [4.69, 9.17) is 18.5 Å². The van der Waals surface area contributed by atoms with Crippen molar-refractivity contribution in [2.24, 2.45) is 0 Å². The summed E-state index contributed by atoms with van der Waals surface area (Å²) in [4.78, 5) is 35.3. The molecule has 0 aromatic rings.